The zero-order valence-electron chi connectivity index (χ0n) is 15.2. The molecule has 0 amide bonds. The minimum absolute atomic E-state index is 0.0523. The zero-order valence-corrected chi connectivity index (χ0v) is 15.2. The van der Waals surface area contributed by atoms with E-state index < -0.39 is 0 Å². The van der Waals surface area contributed by atoms with Gasteiger partial charge in [0, 0.05) is 18.5 Å². The number of benzene rings is 1. The molecule has 0 saturated heterocycles. The summed E-state index contributed by atoms with van der Waals surface area (Å²) in [6, 6.07) is 6.14. The van der Waals surface area contributed by atoms with Crippen LogP contribution in [0.5, 0.6) is 0 Å². The molecule has 25 heavy (non-hydrogen) atoms. The van der Waals surface area contributed by atoms with Crippen LogP contribution in [0.2, 0.25) is 0 Å². The molecule has 0 aliphatic carbocycles. The molecule has 3 rings (SSSR count). The van der Waals surface area contributed by atoms with Crippen LogP contribution in [0.15, 0.2) is 27.5 Å². The van der Waals surface area contributed by atoms with Gasteiger partial charge in [-0.25, -0.2) is 0 Å². The van der Waals surface area contributed by atoms with E-state index in [0.717, 1.165) is 40.7 Å². The van der Waals surface area contributed by atoms with Gasteiger partial charge in [0.1, 0.15) is 0 Å². The lowest BCUT2D eigenvalue weighted by Gasteiger charge is -2.14. The molecule has 0 bridgehead atoms. The summed E-state index contributed by atoms with van der Waals surface area (Å²) in [6.45, 7) is 7.19. The molecule has 2 heterocycles. The topological polar surface area (TPSA) is 75.0 Å². The minimum Gasteiger partial charge on any atom is -0.338 e. The van der Waals surface area contributed by atoms with Crippen LogP contribution in [-0.4, -0.2) is 27.1 Å². The molecule has 0 spiro atoms. The summed E-state index contributed by atoms with van der Waals surface area (Å²) in [7, 11) is 1.94. The van der Waals surface area contributed by atoms with Gasteiger partial charge in [0.25, 0.3) is 5.56 Å². The van der Waals surface area contributed by atoms with Crippen molar-refractivity contribution in [1.29, 1.82) is 0 Å². The number of hydrogen-bond donors (Lipinski definition) is 1. The largest absolute Gasteiger partial charge is 0.338 e. The Labute approximate surface area is 146 Å². The SMILES string of the molecule is CCCc1noc(CN(C)Cc2cc3cc(C)cc(C)c3[nH]c2=O)n1. The molecule has 132 valence electrons. The lowest BCUT2D eigenvalue weighted by Crippen LogP contribution is -2.23. The van der Waals surface area contributed by atoms with Crippen molar-refractivity contribution in [3.8, 4) is 0 Å². The summed E-state index contributed by atoms with van der Waals surface area (Å²) in [5.74, 6) is 1.32. The smallest absolute Gasteiger partial charge is 0.252 e. The van der Waals surface area contributed by atoms with E-state index in [1.54, 1.807) is 0 Å². The van der Waals surface area contributed by atoms with Gasteiger partial charge in [-0.1, -0.05) is 23.7 Å². The Balaban J connectivity index is 1.79. The highest BCUT2D eigenvalue weighted by Crippen LogP contribution is 2.18. The van der Waals surface area contributed by atoms with E-state index in [-0.39, 0.29) is 5.56 Å². The normalized spacial score (nSPS) is 11.6. The molecule has 0 aliphatic rings. The molecule has 6 nitrogen and oxygen atoms in total. The second-order valence-corrected chi connectivity index (χ2v) is 6.70. The fourth-order valence-electron chi connectivity index (χ4n) is 3.11. The molecule has 0 unspecified atom stereocenters. The van der Waals surface area contributed by atoms with Crippen LogP contribution in [0.4, 0.5) is 0 Å². The quantitative estimate of drug-likeness (QED) is 0.746. The molecule has 0 fully saturated rings. The monoisotopic (exact) mass is 340 g/mol. The Morgan fingerprint density at radius 1 is 1.20 bits per heavy atom. The molecule has 1 aromatic carbocycles. The van der Waals surface area contributed by atoms with E-state index in [0.29, 0.717) is 19.0 Å². The molecule has 0 aliphatic heterocycles. The predicted molar refractivity (Wildman–Crippen MR) is 97.5 cm³/mol. The van der Waals surface area contributed by atoms with Crippen LogP contribution in [0.3, 0.4) is 0 Å². The second-order valence-electron chi connectivity index (χ2n) is 6.70. The van der Waals surface area contributed by atoms with Crippen LogP contribution in [0, 0.1) is 13.8 Å². The van der Waals surface area contributed by atoms with Crippen LogP contribution < -0.4 is 5.56 Å². The molecule has 1 N–H and O–H groups in total. The number of aromatic nitrogens is 3. The Morgan fingerprint density at radius 3 is 2.76 bits per heavy atom. The highest BCUT2D eigenvalue weighted by atomic mass is 16.5. The molecule has 0 saturated carbocycles. The third-order valence-corrected chi connectivity index (χ3v) is 4.20. The Bertz CT molecular complexity index is 942. The van der Waals surface area contributed by atoms with Crippen LogP contribution in [-0.2, 0) is 19.5 Å². The van der Waals surface area contributed by atoms with Gasteiger partial charge in [-0.05, 0) is 50.4 Å². The van der Waals surface area contributed by atoms with E-state index in [2.05, 4.69) is 41.1 Å². The van der Waals surface area contributed by atoms with Gasteiger partial charge >= 0.3 is 0 Å². The maximum Gasteiger partial charge on any atom is 0.252 e. The number of hydrogen-bond acceptors (Lipinski definition) is 5. The van der Waals surface area contributed by atoms with Crippen molar-refractivity contribution >= 4 is 10.9 Å². The molecule has 0 radical (unpaired) electrons. The van der Waals surface area contributed by atoms with Crippen molar-refractivity contribution in [2.24, 2.45) is 0 Å². The average molecular weight is 340 g/mol. The van der Waals surface area contributed by atoms with Crippen LogP contribution in [0.1, 0.15) is 41.8 Å². The summed E-state index contributed by atoms with van der Waals surface area (Å²) >= 11 is 0. The molecule has 6 heteroatoms. The molecular formula is C19H24N4O2. The fraction of sp³-hybridized carbons (Fsp3) is 0.421. The standard InChI is InChI=1S/C19H24N4O2/c1-5-6-16-20-17(25-22-16)11-23(4)10-15-9-14-8-12(2)7-13(3)18(14)21-19(15)24/h7-9H,5-6,10-11H2,1-4H3,(H,21,24). The van der Waals surface area contributed by atoms with Gasteiger partial charge in [0.15, 0.2) is 5.82 Å². The number of nitrogens with one attached hydrogen (secondary N) is 1. The summed E-state index contributed by atoms with van der Waals surface area (Å²) in [6.07, 6.45) is 1.80. The lowest BCUT2D eigenvalue weighted by atomic mass is 10.1. The summed E-state index contributed by atoms with van der Waals surface area (Å²) in [5, 5.41) is 5.02. The van der Waals surface area contributed by atoms with Crippen molar-refractivity contribution < 1.29 is 4.52 Å². The highest BCUT2D eigenvalue weighted by Gasteiger charge is 2.12. The van der Waals surface area contributed by atoms with Crippen molar-refractivity contribution in [3.63, 3.8) is 0 Å². The molecular weight excluding hydrogens is 316 g/mol. The summed E-state index contributed by atoms with van der Waals surface area (Å²) in [5.41, 5.74) is 3.85. The summed E-state index contributed by atoms with van der Waals surface area (Å²) in [4.78, 5) is 21.8. The third-order valence-electron chi connectivity index (χ3n) is 4.20. The predicted octanol–water partition coefficient (Wildman–Crippen LogP) is 3.11. The number of aromatic amines is 1. The highest BCUT2D eigenvalue weighted by molar-refractivity contribution is 5.82. The Morgan fingerprint density at radius 2 is 2.00 bits per heavy atom. The van der Waals surface area contributed by atoms with Gasteiger partial charge < -0.3 is 9.51 Å². The van der Waals surface area contributed by atoms with Gasteiger partial charge in [-0.3, -0.25) is 9.69 Å². The molecule has 3 aromatic rings. The maximum absolute atomic E-state index is 12.4. The Hall–Kier alpha value is -2.47. The third kappa shape index (κ3) is 3.96. The van der Waals surface area contributed by atoms with Crippen LogP contribution >= 0.6 is 0 Å². The van der Waals surface area contributed by atoms with Crippen molar-refractivity contribution in [2.75, 3.05) is 7.05 Å². The minimum atomic E-state index is -0.0523. The zero-order chi connectivity index (χ0) is 18.0. The number of fused-ring (bicyclic) bond motifs is 1. The number of nitrogens with zero attached hydrogens (tertiary/aromatic N) is 3. The first-order valence-electron chi connectivity index (χ1n) is 8.59. The number of pyridine rings is 1. The van der Waals surface area contributed by atoms with E-state index >= 15 is 0 Å². The molecule has 2 aromatic heterocycles. The summed E-state index contributed by atoms with van der Waals surface area (Å²) < 4.78 is 5.27. The first kappa shape index (κ1) is 17.4. The fourth-order valence-corrected chi connectivity index (χ4v) is 3.11. The van der Waals surface area contributed by atoms with Crippen LogP contribution in [0.25, 0.3) is 10.9 Å². The first-order valence-corrected chi connectivity index (χ1v) is 8.59. The van der Waals surface area contributed by atoms with Gasteiger partial charge in [-0.15, -0.1) is 0 Å². The van der Waals surface area contributed by atoms with Crippen molar-refractivity contribution in [2.45, 2.75) is 46.7 Å². The second kappa shape index (κ2) is 7.19. The number of rotatable bonds is 6. The number of aryl methyl sites for hydroxylation is 3. The number of H-pyrrole nitrogens is 1. The maximum atomic E-state index is 12.4. The van der Waals surface area contributed by atoms with Crippen molar-refractivity contribution in [1.82, 2.24) is 20.0 Å². The Kier molecular flexibility index (Phi) is 4.99. The lowest BCUT2D eigenvalue weighted by molar-refractivity contribution is 0.259. The van der Waals surface area contributed by atoms with Gasteiger partial charge in [-0.2, -0.15) is 4.98 Å². The van der Waals surface area contributed by atoms with Gasteiger partial charge in [0.05, 0.1) is 12.1 Å². The van der Waals surface area contributed by atoms with Crippen molar-refractivity contribution in [3.05, 3.63) is 57.0 Å². The van der Waals surface area contributed by atoms with E-state index in [1.807, 2.05) is 24.9 Å². The van der Waals surface area contributed by atoms with E-state index in [4.69, 9.17) is 4.52 Å². The molecule has 0 atom stereocenters. The van der Waals surface area contributed by atoms with E-state index in [1.165, 1.54) is 5.56 Å². The van der Waals surface area contributed by atoms with E-state index in [9.17, 15) is 4.79 Å². The first-order chi connectivity index (χ1) is 12.0. The average Bonchev–Trinajstić information content (AvgIpc) is 2.96. The van der Waals surface area contributed by atoms with Gasteiger partial charge in [0.2, 0.25) is 5.89 Å².